The molecule has 3 rings (SSSR count). The standard InChI is InChI=1S/C19H17F2N3OS/c1-11-4-7-17(12(2)8-11)24-10-22-23-19(24)26-13(3)18(25)15-6-5-14(20)9-16(15)21/h4-10,13H,1-3H3. The lowest BCUT2D eigenvalue weighted by Crippen LogP contribution is -2.16. The predicted octanol–water partition coefficient (Wildman–Crippen LogP) is 4.53. The fraction of sp³-hybridized carbons (Fsp3) is 0.211. The molecule has 0 aliphatic heterocycles. The SMILES string of the molecule is Cc1ccc(-n2cnnc2SC(C)C(=O)c2ccc(F)cc2F)c(C)c1. The number of halogens is 2. The number of hydrogen-bond acceptors (Lipinski definition) is 4. The highest BCUT2D eigenvalue weighted by Gasteiger charge is 2.23. The van der Waals surface area contributed by atoms with Gasteiger partial charge in [0, 0.05) is 6.07 Å². The Kier molecular flexibility index (Phi) is 5.18. The molecule has 0 bridgehead atoms. The molecule has 0 N–H and O–H groups in total. The Morgan fingerprint density at radius 2 is 1.92 bits per heavy atom. The number of thioether (sulfide) groups is 1. The van der Waals surface area contributed by atoms with E-state index < -0.39 is 22.7 Å². The van der Waals surface area contributed by atoms with Gasteiger partial charge in [0.1, 0.15) is 18.0 Å². The number of rotatable bonds is 5. The zero-order chi connectivity index (χ0) is 18.8. The Labute approximate surface area is 154 Å². The zero-order valence-corrected chi connectivity index (χ0v) is 15.3. The number of aryl methyl sites for hydroxylation is 2. The van der Waals surface area contributed by atoms with Gasteiger partial charge in [0.05, 0.1) is 16.5 Å². The van der Waals surface area contributed by atoms with E-state index >= 15 is 0 Å². The molecule has 0 amide bonds. The van der Waals surface area contributed by atoms with Gasteiger partial charge in [-0.05, 0) is 44.5 Å². The van der Waals surface area contributed by atoms with Crippen LogP contribution in [0.25, 0.3) is 5.69 Å². The molecule has 3 aromatic rings. The first-order chi connectivity index (χ1) is 12.4. The van der Waals surface area contributed by atoms with E-state index in [2.05, 4.69) is 10.2 Å². The maximum atomic E-state index is 13.9. The molecule has 1 aromatic heterocycles. The third-order valence-electron chi connectivity index (χ3n) is 3.98. The molecule has 0 radical (unpaired) electrons. The van der Waals surface area contributed by atoms with Crippen LogP contribution >= 0.6 is 11.8 Å². The van der Waals surface area contributed by atoms with Crippen molar-refractivity contribution in [1.82, 2.24) is 14.8 Å². The first-order valence-corrected chi connectivity index (χ1v) is 8.88. The van der Waals surface area contributed by atoms with Crippen LogP contribution in [0.5, 0.6) is 0 Å². The molecule has 134 valence electrons. The van der Waals surface area contributed by atoms with E-state index in [0.29, 0.717) is 11.2 Å². The summed E-state index contributed by atoms with van der Waals surface area (Å²) in [7, 11) is 0. The van der Waals surface area contributed by atoms with Crippen LogP contribution in [0.15, 0.2) is 47.9 Å². The third-order valence-corrected chi connectivity index (χ3v) is 5.03. The van der Waals surface area contributed by atoms with Crippen molar-refractivity contribution >= 4 is 17.5 Å². The summed E-state index contributed by atoms with van der Waals surface area (Å²) < 4.78 is 28.7. The van der Waals surface area contributed by atoms with E-state index in [4.69, 9.17) is 0 Å². The number of aromatic nitrogens is 3. The van der Waals surface area contributed by atoms with Gasteiger partial charge in [-0.1, -0.05) is 29.5 Å². The summed E-state index contributed by atoms with van der Waals surface area (Å²) in [4.78, 5) is 12.5. The van der Waals surface area contributed by atoms with Crippen molar-refractivity contribution in [2.75, 3.05) is 0 Å². The summed E-state index contributed by atoms with van der Waals surface area (Å²) in [5.41, 5.74) is 2.97. The van der Waals surface area contributed by atoms with E-state index in [1.54, 1.807) is 17.8 Å². The van der Waals surface area contributed by atoms with Crippen molar-refractivity contribution in [2.45, 2.75) is 31.2 Å². The molecule has 1 unspecified atom stereocenters. The van der Waals surface area contributed by atoms with E-state index in [0.717, 1.165) is 22.9 Å². The molecule has 0 spiro atoms. The Hall–Kier alpha value is -2.54. The van der Waals surface area contributed by atoms with Crippen LogP contribution in [0.2, 0.25) is 0 Å². The average Bonchev–Trinajstić information content (AvgIpc) is 3.02. The number of benzene rings is 2. The monoisotopic (exact) mass is 373 g/mol. The van der Waals surface area contributed by atoms with Crippen molar-refractivity contribution in [2.24, 2.45) is 0 Å². The van der Waals surface area contributed by atoms with Crippen molar-refractivity contribution in [3.05, 3.63) is 71.1 Å². The van der Waals surface area contributed by atoms with Crippen LogP contribution in [-0.4, -0.2) is 25.8 Å². The van der Waals surface area contributed by atoms with Gasteiger partial charge in [-0.3, -0.25) is 9.36 Å². The first-order valence-electron chi connectivity index (χ1n) is 8.00. The summed E-state index contributed by atoms with van der Waals surface area (Å²) in [5.74, 6) is -2.00. The number of Topliss-reactive ketones (excluding diaryl/α,β-unsaturated/α-hetero) is 1. The van der Waals surface area contributed by atoms with Gasteiger partial charge >= 0.3 is 0 Å². The minimum atomic E-state index is -0.863. The number of hydrogen-bond donors (Lipinski definition) is 0. The fourth-order valence-electron chi connectivity index (χ4n) is 2.67. The minimum absolute atomic E-state index is 0.135. The largest absolute Gasteiger partial charge is 0.293 e. The quantitative estimate of drug-likeness (QED) is 0.487. The molecule has 4 nitrogen and oxygen atoms in total. The summed E-state index contributed by atoms with van der Waals surface area (Å²) in [6, 6.07) is 8.95. The maximum Gasteiger partial charge on any atom is 0.196 e. The molecule has 7 heteroatoms. The molecular weight excluding hydrogens is 356 g/mol. The molecule has 0 fully saturated rings. The highest BCUT2D eigenvalue weighted by Crippen LogP contribution is 2.28. The summed E-state index contributed by atoms with van der Waals surface area (Å²) in [5, 5.41) is 7.93. The van der Waals surface area contributed by atoms with E-state index in [-0.39, 0.29) is 5.56 Å². The van der Waals surface area contributed by atoms with Crippen molar-refractivity contribution in [1.29, 1.82) is 0 Å². The van der Waals surface area contributed by atoms with Crippen LogP contribution < -0.4 is 0 Å². The number of nitrogens with zero attached hydrogens (tertiary/aromatic N) is 3. The molecule has 2 aromatic carbocycles. The van der Waals surface area contributed by atoms with E-state index in [9.17, 15) is 13.6 Å². The van der Waals surface area contributed by atoms with Crippen molar-refractivity contribution < 1.29 is 13.6 Å². The first kappa shape index (κ1) is 18.3. The van der Waals surface area contributed by atoms with Gasteiger partial charge in [0.2, 0.25) is 0 Å². The van der Waals surface area contributed by atoms with Gasteiger partial charge in [0.25, 0.3) is 0 Å². The molecule has 26 heavy (non-hydrogen) atoms. The predicted molar refractivity (Wildman–Crippen MR) is 96.8 cm³/mol. The van der Waals surface area contributed by atoms with Gasteiger partial charge in [-0.25, -0.2) is 8.78 Å². The van der Waals surface area contributed by atoms with Gasteiger partial charge in [0.15, 0.2) is 10.9 Å². The number of carbonyl (C=O) groups is 1. The highest BCUT2D eigenvalue weighted by molar-refractivity contribution is 8.00. The second-order valence-electron chi connectivity index (χ2n) is 6.02. The Morgan fingerprint density at radius 1 is 1.15 bits per heavy atom. The molecule has 0 aliphatic rings. The van der Waals surface area contributed by atoms with E-state index in [1.165, 1.54) is 17.8 Å². The van der Waals surface area contributed by atoms with Crippen LogP contribution in [-0.2, 0) is 0 Å². The van der Waals surface area contributed by atoms with Crippen molar-refractivity contribution in [3.63, 3.8) is 0 Å². The van der Waals surface area contributed by atoms with Crippen LogP contribution in [0.1, 0.15) is 28.4 Å². The summed E-state index contributed by atoms with van der Waals surface area (Å²) in [6.07, 6.45) is 1.58. The minimum Gasteiger partial charge on any atom is -0.293 e. The van der Waals surface area contributed by atoms with E-state index in [1.807, 2.05) is 32.0 Å². The van der Waals surface area contributed by atoms with Gasteiger partial charge in [-0.15, -0.1) is 10.2 Å². The molecule has 1 atom stereocenters. The molecule has 0 saturated heterocycles. The average molecular weight is 373 g/mol. The lowest BCUT2D eigenvalue weighted by atomic mass is 10.1. The Balaban J connectivity index is 1.86. The molecule has 0 aliphatic carbocycles. The van der Waals surface area contributed by atoms with Crippen LogP contribution in [0.3, 0.4) is 0 Å². The summed E-state index contributed by atoms with van der Waals surface area (Å²) >= 11 is 1.18. The normalized spacial score (nSPS) is 12.2. The lowest BCUT2D eigenvalue weighted by molar-refractivity contribution is 0.0990. The molecule has 0 saturated carbocycles. The highest BCUT2D eigenvalue weighted by atomic mass is 32.2. The smallest absolute Gasteiger partial charge is 0.196 e. The number of carbonyl (C=O) groups excluding carboxylic acids is 1. The topological polar surface area (TPSA) is 47.8 Å². The van der Waals surface area contributed by atoms with Gasteiger partial charge in [-0.2, -0.15) is 0 Å². The zero-order valence-electron chi connectivity index (χ0n) is 14.5. The summed E-state index contributed by atoms with van der Waals surface area (Å²) in [6.45, 7) is 5.66. The molecular formula is C19H17F2N3OS. The van der Waals surface area contributed by atoms with Crippen molar-refractivity contribution in [3.8, 4) is 5.69 Å². The maximum absolute atomic E-state index is 13.9. The lowest BCUT2D eigenvalue weighted by Gasteiger charge is -2.13. The third kappa shape index (κ3) is 3.67. The Bertz CT molecular complexity index is 971. The Morgan fingerprint density at radius 3 is 2.62 bits per heavy atom. The second-order valence-corrected chi connectivity index (χ2v) is 7.33. The second kappa shape index (κ2) is 7.37. The molecule has 1 heterocycles. The van der Waals surface area contributed by atoms with Crippen LogP contribution in [0.4, 0.5) is 8.78 Å². The number of ketones is 1. The van der Waals surface area contributed by atoms with Crippen LogP contribution in [0, 0.1) is 25.5 Å². The van der Waals surface area contributed by atoms with Gasteiger partial charge < -0.3 is 0 Å². The fourth-order valence-corrected chi connectivity index (χ4v) is 3.57.